The van der Waals surface area contributed by atoms with Crippen molar-refractivity contribution in [3.8, 4) is 11.5 Å². The Morgan fingerprint density at radius 3 is 2.31 bits per heavy atom. The fraction of sp³-hybridized carbons (Fsp3) is 0.375. The van der Waals surface area contributed by atoms with Gasteiger partial charge < -0.3 is 30.2 Å². The highest BCUT2D eigenvalue weighted by molar-refractivity contribution is 7.80. The second kappa shape index (κ2) is 14.3. The number of benzene rings is 2. The van der Waals surface area contributed by atoms with Crippen molar-refractivity contribution in [1.29, 1.82) is 0 Å². The summed E-state index contributed by atoms with van der Waals surface area (Å²) in [7, 11) is 3.03. The standard InChI is InChI=1S/C24H28Cl3N3O5S/c1-4-5-12-35-21(32)15-6-9-17(10-7-15)28-23(36)30-22(24(25,26)27)29-20(31)13-16-8-11-18(33-2)14-19(16)34-3/h6-11,14,22H,4-5,12-13H2,1-3H3,(H,29,31)(H2,28,30,36). The first-order chi connectivity index (χ1) is 17.1. The molecule has 196 valence electrons. The van der Waals surface area contributed by atoms with Crippen molar-refractivity contribution in [3.63, 3.8) is 0 Å². The van der Waals surface area contributed by atoms with Crippen molar-refractivity contribution in [2.45, 2.75) is 36.1 Å². The Kier molecular flexibility index (Phi) is 11.8. The number of anilines is 1. The third-order valence-corrected chi connectivity index (χ3v) is 5.74. The van der Waals surface area contributed by atoms with Crippen LogP contribution in [0.15, 0.2) is 42.5 Å². The van der Waals surface area contributed by atoms with Crippen LogP contribution < -0.4 is 25.4 Å². The Hall–Kier alpha value is -2.46. The first-order valence-electron chi connectivity index (χ1n) is 11.0. The monoisotopic (exact) mass is 575 g/mol. The molecule has 0 bridgehead atoms. The minimum atomic E-state index is -1.92. The molecule has 1 unspecified atom stereocenters. The smallest absolute Gasteiger partial charge is 0.338 e. The van der Waals surface area contributed by atoms with E-state index in [2.05, 4.69) is 16.0 Å². The zero-order valence-electron chi connectivity index (χ0n) is 20.0. The highest BCUT2D eigenvalue weighted by atomic mass is 35.6. The van der Waals surface area contributed by atoms with Crippen LogP contribution in [-0.2, 0) is 16.0 Å². The van der Waals surface area contributed by atoms with Gasteiger partial charge in [-0.1, -0.05) is 54.2 Å². The predicted molar refractivity (Wildman–Crippen MR) is 146 cm³/mol. The average molecular weight is 577 g/mol. The van der Waals surface area contributed by atoms with Gasteiger partial charge in [-0.3, -0.25) is 4.79 Å². The Labute approximate surface area is 230 Å². The van der Waals surface area contributed by atoms with Crippen LogP contribution in [0.1, 0.15) is 35.7 Å². The molecule has 0 aromatic heterocycles. The van der Waals surface area contributed by atoms with Crippen LogP contribution >= 0.6 is 47.0 Å². The van der Waals surface area contributed by atoms with E-state index in [1.165, 1.54) is 14.2 Å². The quantitative estimate of drug-likeness (QED) is 0.113. The molecule has 3 N–H and O–H groups in total. The molecular weight excluding hydrogens is 549 g/mol. The number of alkyl halides is 3. The Bertz CT molecular complexity index is 1050. The lowest BCUT2D eigenvalue weighted by atomic mass is 10.1. The van der Waals surface area contributed by atoms with Crippen molar-refractivity contribution < 1.29 is 23.8 Å². The third-order valence-electron chi connectivity index (χ3n) is 4.86. The number of hydrogen-bond acceptors (Lipinski definition) is 6. The Balaban J connectivity index is 1.99. The number of nitrogens with one attached hydrogen (secondary N) is 3. The van der Waals surface area contributed by atoms with Crippen LogP contribution in [-0.4, -0.2) is 47.8 Å². The average Bonchev–Trinajstić information content (AvgIpc) is 2.83. The highest BCUT2D eigenvalue weighted by Crippen LogP contribution is 2.30. The van der Waals surface area contributed by atoms with Crippen molar-refractivity contribution in [2.75, 3.05) is 26.1 Å². The van der Waals surface area contributed by atoms with E-state index in [0.29, 0.717) is 34.9 Å². The van der Waals surface area contributed by atoms with Crippen LogP contribution in [0.2, 0.25) is 0 Å². The number of rotatable bonds is 11. The molecule has 2 rings (SSSR count). The van der Waals surface area contributed by atoms with Crippen LogP contribution in [0.3, 0.4) is 0 Å². The zero-order chi connectivity index (χ0) is 26.7. The van der Waals surface area contributed by atoms with E-state index >= 15 is 0 Å². The number of unbranched alkanes of at least 4 members (excludes halogenated alkanes) is 1. The maximum Gasteiger partial charge on any atom is 0.338 e. The van der Waals surface area contributed by atoms with Gasteiger partial charge in [-0.15, -0.1) is 0 Å². The molecule has 1 amide bonds. The number of hydrogen-bond donors (Lipinski definition) is 3. The highest BCUT2D eigenvalue weighted by Gasteiger charge is 2.34. The molecule has 0 aliphatic rings. The second-order valence-corrected chi connectivity index (χ2v) is 10.3. The third kappa shape index (κ3) is 9.54. The Morgan fingerprint density at radius 2 is 1.72 bits per heavy atom. The minimum absolute atomic E-state index is 0.0396. The topological polar surface area (TPSA) is 97.9 Å². The molecule has 0 radical (unpaired) electrons. The van der Waals surface area contributed by atoms with Gasteiger partial charge in [0.2, 0.25) is 9.70 Å². The van der Waals surface area contributed by atoms with Crippen molar-refractivity contribution in [3.05, 3.63) is 53.6 Å². The van der Waals surface area contributed by atoms with E-state index in [4.69, 9.17) is 61.2 Å². The fourth-order valence-corrected chi connectivity index (χ4v) is 3.53. The van der Waals surface area contributed by atoms with Gasteiger partial charge in [0.15, 0.2) is 5.11 Å². The summed E-state index contributed by atoms with van der Waals surface area (Å²) in [6.45, 7) is 2.39. The van der Waals surface area contributed by atoms with Crippen LogP contribution in [0.25, 0.3) is 0 Å². The molecule has 2 aromatic carbocycles. The summed E-state index contributed by atoms with van der Waals surface area (Å²) in [6, 6.07) is 11.6. The lowest BCUT2D eigenvalue weighted by Gasteiger charge is -2.28. The summed E-state index contributed by atoms with van der Waals surface area (Å²) in [5, 5.41) is 8.43. The molecule has 2 aromatic rings. The van der Waals surface area contributed by atoms with E-state index in [-0.39, 0.29) is 11.5 Å². The molecule has 0 heterocycles. The van der Waals surface area contributed by atoms with E-state index < -0.39 is 21.8 Å². The van der Waals surface area contributed by atoms with Crippen molar-refractivity contribution >= 4 is 69.7 Å². The predicted octanol–water partition coefficient (Wildman–Crippen LogP) is 5.00. The van der Waals surface area contributed by atoms with Gasteiger partial charge in [0, 0.05) is 17.3 Å². The second-order valence-electron chi connectivity index (χ2n) is 7.56. The van der Waals surface area contributed by atoms with Gasteiger partial charge in [0.1, 0.15) is 17.7 Å². The van der Waals surface area contributed by atoms with Crippen molar-refractivity contribution in [2.24, 2.45) is 0 Å². The van der Waals surface area contributed by atoms with E-state index in [9.17, 15) is 9.59 Å². The van der Waals surface area contributed by atoms with Crippen LogP contribution in [0, 0.1) is 0 Å². The van der Waals surface area contributed by atoms with E-state index in [0.717, 1.165) is 12.8 Å². The molecule has 0 spiro atoms. The number of carbonyl (C=O) groups excluding carboxylic acids is 2. The first kappa shape index (κ1) is 29.8. The normalized spacial score (nSPS) is 11.7. The SMILES string of the molecule is CCCCOC(=O)c1ccc(NC(=S)NC(NC(=O)Cc2ccc(OC)cc2OC)C(Cl)(Cl)Cl)cc1. The molecule has 12 heteroatoms. The number of halogens is 3. The van der Waals surface area contributed by atoms with Crippen LogP contribution in [0.5, 0.6) is 11.5 Å². The molecule has 0 fully saturated rings. The number of amides is 1. The number of esters is 1. The lowest BCUT2D eigenvalue weighted by molar-refractivity contribution is -0.121. The summed E-state index contributed by atoms with van der Waals surface area (Å²) in [5.41, 5.74) is 1.61. The fourth-order valence-electron chi connectivity index (χ4n) is 2.96. The molecule has 36 heavy (non-hydrogen) atoms. The number of ether oxygens (including phenoxy) is 3. The van der Waals surface area contributed by atoms with Gasteiger partial charge in [-0.2, -0.15) is 0 Å². The molecular formula is C24H28Cl3N3O5S. The minimum Gasteiger partial charge on any atom is -0.497 e. The molecule has 8 nitrogen and oxygen atoms in total. The summed E-state index contributed by atoms with van der Waals surface area (Å²) in [4.78, 5) is 24.7. The first-order valence-corrected chi connectivity index (χ1v) is 12.5. The molecule has 0 saturated heterocycles. The van der Waals surface area contributed by atoms with Crippen LogP contribution in [0.4, 0.5) is 5.69 Å². The van der Waals surface area contributed by atoms with E-state index in [1.54, 1.807) is 42.5 Å². The molecule has 1 atom stereocenters. The maximum absolute atomic E-state index is 12.7. The van der Waals surface area contributed by atoms with Gasteiger partial charge in [0.25, 0.3) is 0 Å². The molecule has 0 aliphatic carbocycles. The maximum atomic E-state index is 12.7. The van der Waals surface area contributed by atoms with Gasteiger partial charge in [-0.25, -0.2) is 4.79 Å². The summed E-state index contributed by atoms with van der Waals surface area (Å²) < 4.78 is 13.8. The molecule has 0 saturated carbocycles. The van der Waals surface area contributed by atoms with Crippen molar-refractivity contribution in [1.82, 2.24) is 10.6 Å². The summed E-state index contributed by atoms with van der Waals surface area (Å²) >= 11 is 23.5. The largest absolute Gasteiger partial charge is 0.497 e. The Morgan fingerprint density at radius 1 is 1.03 bits per heavy atom. The number of methoxy groups -OCH3 is 2. The van der Waals surface area contributed by atoms with Gasteiger partial charge in [0.05, 0.1) is 32.8 Å². The zero-order valence-corrected chi connectivity index (χ0v) is 23.1. The number of thiocarbonyl (C=S) groups is 1. The summed E-state index contributed by atoms with van der Waals surface area (Å²) in [5.74, 6) is 0.242. The van der Waals surface area contributed by atoms with Gasteiger partial charge >= 0.3 is 5.97 Å². The molecule has 0 aliphatic heterocycles. The number of carbonyl (C=O) groups is 2. The lowest BCUT2D eigenvalue weighted by Crippen LogP contribution is -2.56. The van der Waals surface area contributed by atoms with Gasteiger partial charge in [-0.05, 0) is 49.0 Å². The summed E-state index contributed by atoms with van der Waals surface area (Å²) in [6.07, 6.45) is 0.556. The van der Waals surface area contributed by atoms with E-state index in [1.807, 2.05) is 6.92 Å².